The van der Waals surface area contributed by atoms with Crippen molar-refractivity contribution in [3.8, 4) is 0 Å². The zero-order chi connectivity index (χ0) is 20.4. The minimum atomic E-state index is -1.19. The molecule has 0 unspecified atom stereocenters. The fraction of sp³-hybridized carbons (Fsp3) is 0.286. The van der Waals surface area contributed by atoms with Crippen molar-refractivity contribution in [1.82, 2.24) is 9.88 Å². The van der Waals surface area contributed by atoms with Crippen LogP contribution in [0.3, 0.4) is 0 Å². The predicted molar refractivity (Wildman–Crippen MR) is 105 cm³/mol. The highest BCUT2D eigenvalue weighted by molar-refractivity contribution is 7.18. The lowest BCUT2D eigenvalue weighted by Gasteiger charge is -2.31. The monoisotopic (exact) mass is 416 g/mol. The number of halogens is 2. The molecule has 1 aliphatic rings. The molecule has 29 heavy (non-hydrogen) atoms. The predicted octanol–water partition coefficient (Wildman–Crippen LogP) is 4.14. The van der Waals surface area contributed by atoms with Gasteiger partial charge in [0.25, 0.3) is 5.91 Å². The molecule has 0 radical (unpaired) electrons. The number of thiazole rings is 1. The maximum Gasteiger partial charge on any atom is 0.344 e. The van der Waals surface area contributed by atoms with Gasteiger partial charge in [-0.1, -0.05) is 18.2 Å². The highest BCUT2D eigenvalue weighted by atomic mass is 32.1. The lowest BCUT2D eigenvalue weighted by molar-refractivity contribution is -0.135. The summed E-state index contributed by atoms with van der Waals surface area (Å²) in [6.45, 7) is 0.468. The van der Waals surface area contributed by atoms with Gasteiger partial charge in [-0.2, -0.15) is 0 Å². The molecule has 0 N–H and O–H groups in total. The van der Waals surface area contributed by atoms with Crippen molar-refractivity contribution in [3.05, 3.63) is 64.7 Å². The molecule has 2 aromatic carbocycles. The molecule has 8 heteroatoms. The SMILES string of the molecule is O=C(OCC(=O)N1CCC[C@H](c2nc3ccccc3s2)C1)c1c(F)cccc1F. The molecule has 1 fully saturated rings. The number of hydrogen-bond acceptors (Lipinski definition) is 5. The van der Waals surface area contributed by atoms with Crippen molar-refractivity contribution < 1.29 is 23.1 Å². The van der Waals surface area contributed by atoms with E-state index in [2.05, 4.69) is 4.98 Å². The van der Waals surface area contributed by atoms with E-state index in [-0.39, 0.29) is 11.8 Å². The molecular formula is C21H18F2N2O3S. The molecule has 150 valence electrons. The Bertz CT molecular complexity index is 1020. The number of likely N-dealkylation sites (tertiary alicyclic amines) is 1. The van der Waals surface area contributed by atoms with E-state index < -0.39 is 29.8 Å². The normalized spacial score (nSPS) is 16.8. The van der Waals surface area contributed by atoms with Crippen LogP contribution < -0.4 is 0 Å². The minimum Gasteiger partial charge on any atom is -0.452 e. The summed E-state index contributed by atoms with van der Waals surface area (Å²) in [5, 5.41) is 0.981. The summed E-state index contributed by atoms with van der Waals surface area (Å²) in [4.78, 5) is 30.8. The Morgan fingerprint density at radius 2 is 1.90 bits per heavy atom. The van der Waals surface area contributed by atoms with Gasteiger partial charge in [-0.05, 0) is 37.1 Å². The van der Waals surface area contributed by atoms with E-state index in [9.17, 15) is 18.4 Å². The molecule has 1 atom stereocenters. The van der Waals surface area contributed by atoms with Crippen LogP contribution in [0.1, 0.15) is 34.1 Å². The van der Waals surface area contributed by atoms with E-state index in [1.54, 1.807) is 16.2 Å². The molecule has 0 aliphatic carbocycles. The number of amides is 1. The summed E-state index contributed by atoms with van der Waals surface area (Å²) in [6.07, 6.45) is 1.73. The zero-order valence-corrected chi connectivity index (χ0v) is 16.3. The molecule has 1 aliphatic heterocycles. The zero-order valence-electron chi connectivity index (χ0n) is 15.4. The summed E-state index contributed by atoms with van der Waals surface area (Å²) in [5.74, 6) is -3.49. The van der Waals surface area contributed by atoms with Crippen LogP contribution in [0.4, 0.5) is 8.78 Å². The molecule has 5 nitrogen and oxygen atoms in total. The Hall–Kier alpha value is -2.87. The molecular weight excluding hydrogens is 398 g/mol. The van der Waals surface area contributed by atoms with Crippen LogP contribution in [-0.2, 0) is 9.53 Å². The third-order valence-electron chi connectivity index (χ3n) is 4.93. The van der Waals surface area contributed by atoms with Crippen molar-refractivity contribution in [3.63, 3.8) is 0 Å². The average molecular weight is 416 g/mol. The van der Waals surface area contributed by atoms with E-state index in [1.165, 1.54) is 0 Å². The molecule has 1 aromatic heterocycles. The van der Waals surface area contributed by atoms with Gasteiger partial charge in [0.1, 0.15) is 17.2 Å². The Morgan fingerprint density at radius 3 is 2.66 bits per heavy atom. The number of carbonyl (C=O) groups is 2. The second kappa shape index (κ2) is 8.24. The lowest BCUT2D eigenvalue weighted by Crippen LogP contribution is -2.41. The van der Waals surface area contributed by atoms with Gasteiger partial charge in [-0.3, -0.25) is 4.79 Å². The van der Waals surface area contributed by atoms with Crippen LogP contribution in [0.25, 0.3) is 10.2 Å². The number of aromatic nitrogens is 1. The quantitative estimate of drug-likeness (QED) is 0.600. The van der Waals surface area contributed by atoms with Crippen molar-refractivity contribution in [2.75, 3.05) is 19.7 Å². The third kappa shape index (κ3) is 4.12. The number of fused-ring (bicyclic) bond motifs is 1. The van der Waals surface area contributed by atoms with Crippen LogP contribution in [0, 0.1) is 11.6 Å². The maximum absolute atomic E-state index is 13.7. The highest BCUT2D eigenvalue weighted by Gasteiger charge is 2.28. The third-order valence-corrected chi connectivity index (χ3v) is 6.13. The first-order valence-corrected chi connectivity index (χ1v) is 10.1. The van der Waals surface area contributed by atoms with Gasteiger partial charge < -0.3 is 9.64 Å². The van der Waals surface area contributed by atoms with E-state index in [4.69, 9.17) is 4.74 Å². The summed E-state index contributed by atoms with van der Waals surface area (Å²) in [5.41, 5.74) is 0.156. The van der Waals surface area contributed by atoms with Gasteiger partial charge in [0.05, 0.1) is 15.2 Å². The van der Waals surface area contributed by atoms with Crippen LogP contribution in [0.5, 0.6) is 0 Å². The number of ether oxygens (including phenoxy) is 1. The van der Waals surface area contributed by atoms with Crippen molar-refractivity contribution >= 4 is 33.4 Å². The molecule has 1 saturated heterocycles. The summed E-state index contributed by atoms with van der Waals surface area (Å²) in [6, 6.07) is 11.0. The van der Waals surface area contributed by atoms with Gasteiger partial charge in [0, 0.05) is 19.0 Å². The number of carbonyl (C=O) groups excluding carboxylic acids is 2. The Balaban J connectivity index is 1.39. The Morgan fingerprint density at radius 1 is 1.14 bits per heavy atom. The van der Waals surface area contributed by atoms with Crippen molar-refractivity contribution in [2.45, 2.75) is 18.8 Å². The van der Waals surface area contributed by atoms with Gasteiger partial charge in [0.2, 0.25) is 0 Å². The average Bonchev–Trinajstić information content (AvgIpc) is 3.16. The molecule has 3 aromatic rings. The molecule has 0 spiro atoms. The Kier molecular flexibility index (Phi) is 5.53. The van der Waals surface area contributed by atoms with E-state index in [1.807, 2.05) is 24.3 Å². The van der Waals surface area contributed by atoms with Gasteiger partial charge in [-0.25, -0.2) is 18.6 Å². The Labute approximate surface area is 169 Å². The summed E-state index contributed by atoms with van der Waals surface area (Å²) in [7, 11) is 0. The largest absolute Gasteiger partial charge is 0.452 e. The summed E-state index contributed by atoms with van der Waals surface area (Å²) < 4.78 is 33.3. The van der Waals surface area contributed by atoms with Crippen molar-refractivity contribution in [1.29, 1.82) is 0 Å². The van der Waals surface area contributed by atoms with Crippen LogP contribution in [0.2, 0.25) is 0 Å². The number of benzene rings is 2. The topological polar surface area (TPSA) is 59.5 Å². The van der Waals surface area contributed by atoms with Gasteiger partial charge >= 0.3 is 5.97 Å². The molecule has 0 saturated carbocycles. The number of esters is 1. The number of nitrogens with zero attached hydrogens (tertiary/aromatic N) is 2. The fourth-order valence-corrected chi connectivity index (χ4v) is 4.55. The highest BCUT2D eigenvalue weighted by Crippen LogP contribution is 2.33. The first kappa shape index (κ1) is 19.4. The smallest absolute Gasteiger partial charge is 0.344 e. The first-order valence-electron chi connectivity index (χ1n) is 9.27. The fourth-order valence-electron chi connectivity index (χ4n) is 3.45. The summed E-state index contributed by atoms with van der Waals surface area (Å²) >= 11 is 1.62. The number of para-hydroxylation sites is 1. The number of rotatable bonds is 4. The second-order valence-electron chi connectivity index (χ2n) is 6.87. The lowest BCUT2D eigenvalue weighted by atomic mass is 9.99. The maximum atomic E-state index is 13.7. The first-order chi connectivity index (χ1) is 14.0. The van der Waals surface area contributed by atoms with Crippen LogP contribution >= 0.6 is 11.3 Å². The van der Waals surface area contributed by atoms with E-state index in [0.717, 1.165) is 46.3 Å². The molecule has 0 bridgehead atoms. The van der Waals surface area contributed by atoms with E-state index >= 15 is 0 Å². The number of piperidine rings is 1. The molecule has 1 amide bonds. The standard InChI is InChI=1S/C21H18F2N2O3S/c22-14-6-3-7-15(23)19(14)21(27)28-12-18(26)25-10-4-5-13(11-25)20-24-16-8-1-2-9-17(16)29-20/h1-3,6-9,13H,4-5,10-12H2/t13-/m0/s1. The van der Waals surface area contributed by atoms with Crippen molar-refractivity contribution in [2.24, 2.45) is 0 Å². The second-order valence-corrected chi connectivity index (χ2v) is 7.93. The molecule has 4 rings (SSSR count). The molecule has 2 heterocycles. The van der Waals surface area contributed by atoms with Crippen LogP contribution in [0.15, 0.2) is 42.5 Å². The number of hydrogen-bond donors (Lipinski definition) is 0. The van der Waals surface area contributed by atoms with Gasteiger partial charge in [0.15, 0.2) is 6.61 Å². The van der Waals surface area contributed by atoms with E-state index in [0.29, 0.717) is 13.1 Å². The van der Waals surface area contributed by atoms with Crippen LogP contribution in [-0.4, -0.2) is 41.5 Å². The minimum absolute atomic E-state index is 0.116. The van der Waals surface area contributed by atoms with Gasteiger partial charge in [-0.15, -0.1) is 11.3 Å².